The van der Waals surface area contributed by atoms with Crippen LogP contribution < -0.4 is 10.1 Å². The van der Waals surface area contributed by atoms with Crippen LogP contribution in [0.3, 0.4) is 0 Å². The molecule has 0 unspecified atom stereocenters. The number of aromatic nitrogens is 2. The molecule has 1 amide bonds. The maximum absolute atomic E-state index is 13.0. The standard InChI is InChI=1S/C19H12ClF2N3O3/c1-9-6-24-8-12(20)16(9)25-18(26)10-2-3-14(28-19(21)22)17-15(10)11-7-23-5-4-13(11)27-17/h2-8,19H,1H3,(H,24,25,26). The molecule has 0 aliphatic rings. The Hall–Kier alpha value is -3.26. The molecule has 1 aromatic carbocycles. The van der Waals surface area contributed by atoms with Crippen LogP contribution in [0, 0.1) is 6.92 Å². The molecule has 9 heteroatoms. The Balaban J connectivity index is 1.88. The second kappa shape index (κ2) is 7.05. The Kier molecular flexibility index (Phi) is 4.56. The molecule has 0 spiro atoms. The fourth-order valence-corrected chi connectivity index (χ4v) is 3.20. The predicted octanol–water partition coefficient (Wildman–Crippen LogP) is 5.19. The number of nitrogens with one attached hydrogen (secondary N) is 1. The summed E-state index contributed by atoms with van der Waals surface area (Å²) in [6.45, 7) is -1.28. The first-order valence-electron chi connectivity index (χ1n) is 8.11. The monoisotopic (exact) mass is 403 g/mol. The molecule has 0 bridgehead atoms. The lowest BCUT2D eigenvalue weighted by molar-refractivity contribution is -0.0493. The van der Waals surface area contributed by atoms with E-state index in [9.17, 15) is 13.6 Å². The van der Waals surface area contributed by atoms with E-state index in [1.165, 1.54) is 30.7 Å². The number of nitrogens with zero attached hydrogens (tertiary/aromatic N) is 2. The molecule has 0 saturated heterocycles. The lowest BCUT2D eigenvalue weighted by Gasteiger charge is -2.11. The summed E-state index contributed by atoms with van der Waals surface area (Å²) in [5, 5.41) is 3.84. The van der Waals surface area contributed by atoms with Crippen molar-refractivity contribution in [3.63, 3.8) is 0 Å². The van der Waals surface area contributed by atoms with Gasteiger partial charge >= 0.3 is 6.61 Å². The van der Waals surface area contributed by atoms with Gasteiger partial charge in [0, 0.05) is 35.6 Å². The summed E-state index contributed by atoms with van der Waals surface area (Å²) in [5.74, 6) is -0.660. The smallest absolute Gasteiger partial charge is 0.387 e. The summed E-state index contributed by atoms with van der Waals surface area (Å²) in [7, 11) is 0. The molecule has 1 N–H and O–H groups in total. The Morgan fingerprint density at radius 1 is 1.21 bits per heavy atom. The van der Waals surface area contributed by atoms with Gasteiger partial charge in [0.15, 0.2) is 11.3 Å². The molecule has 0 aliphatic carbocycles. The van der Waals surface area contributed by atoms with Crippen LogP contribution in [-0.2, 0) is 0 Å². The highest BCUT2D eigenvalue weighted by molar-refractivity contribution is 6.34. The maximum Gasteiger partial charge on any atom is 0.387 e. The first kappa shape index (κ1) is 18.1. The molecule has 0 aliphatic heterocycles. The Labute approximate surface area is 162 Å². The summed E-state index contributed by atoms with van der Waals surface area (Å²) in [6.07, 6.45) is 5.97. The van der Waals surface area contributed by atoms with Gasteiger partial charge in [0.2, 0.25) is 0 Å². The van der Waals surface area contributed by atoms with Crippen molar-refractivity contribution in [2.45, 2.75) is 13.5 Å². The summed E-state index contributed by atoms with van der Waals surface area (Å²) < 4.78 is 35.7. The van der Waals surface area contributed by atoms with E-state index in [1.807, 2.05) is 0 Å². The second-order valence-electron chi connectivity index (χ2n) is 5.94. The van der Waals surface area contributed by atoms with E-state index in [4.69, 9.17) is 16.0 Å². The number of amides is 1. The summed E-state index contributed by atoms with van der Waals surface area (Å²) in [4.78, 5) is 20.9. The van der Waals surface area contributed by atoms with Crippen LogP contribution >= 0.6 is 11.6 Å². The van der Waals surface area contributed by atoms with E-state index in [1.54, 1.807) is 19.2 Å². The number of carbonyl (C=O) groups excluding carboxylic acids is 1. The molecule has 3 aromatic heterocycles. The third kappa shape index (κ3) is 3.11. The van der Waals surface area contributed by atoms with Crippen molar-refractivity contribution < 1.29 is 22.7 Å². The number of halogens is 3. The van der Waals surface area contributed by atoms with Crippen LogP contribution in [0.5, 0.6) is 5.75 Å². The lowest BCUT2D eigenvalue weighted by atomic mass is 10.1. The van der Waals surface area contributed by atoms with Gasteiger partial charge in [0.05, 0.1) is 16.3 Å². The number of anilines is 1. The number of aryl methyl sites for hydroxylation is 1. The van der Waals surface area contributed by atoms with Gasteiger partial charge in [-0.1, -0.05) is 11.6 Å². The number of carbonyl (C=O) groups is 1. The minimum atomic E-state index is -3.03. The van der Waals surface area contributed by atoms with E-state index in [0.717, 1.165) is 0 Å². The van der Waals surface area contributed by atoms with Crippen LogP contribution in [0.1, 0.15) is 15.9 Å². The summed E-state index contributed by atoms with van der Waals surface area (Å²) in [5.41, 5.74) is 1.72. The van der Waals surface area contributed by atoms with Crippen molar-refractivity contribution in [3.05, 3.63) is 59.1 Å². The van der Waals surface area contributed by atoms with Crippen LogP contribution in [0.25, 0.3) is 21.9 Å². The van der Waals surface area contributed by atoms with Crippen molar-refractivity contribution in [2.75, 3.05) is 5.32 Å². The number of ether oxygens (including phenoxy) is 1. The first-order chi connectivity index (χ1) is 13.5. The number of fused-ring (bicyclic) bond motifs is 3. The zero-order chi connectivity index (χ0) is 19.8. The highest BCUT2D eigenvalue weighted by atomic mass is 35.5. The molecule has 4 aromatic rings. The van der Waals surface area contributed by atoms with Crippen LogP contribution in [0.2, 0.25) is 5.02 Å². The molecule has 28 heavy (non-hydrogen) atoms. The van der Waals surface area contributed by atoms with Gasteiger partial charge in [-0.05, 0) is 30.7 Å². The topological polar surface area (TPSA) is 77.2 Å². The van der Waals surface area contributed by atoms with Crippen molar-refractivity contribution >= 4 is 45.1 Å². The van der Waals surface area contributed by atoms with Gasteiger partial charge in [-0.3, -0.25) is 14.8 Å². The van der Waals surface area contributed by atoms with Gasteiger partial charge in [0.1, 0.15) is 5.58 Å². The van der Waals surface area contributed by atoms with E-state index in [0.29, 0.717) is 27.6 Å². The average Bonchev–Trinajstić information content (AvgIpc) is 3.05. The van der Waals surface area contributed by atoms with E-state index in [2.05, 4.69) is 20.0 Å². The molecule has 0 saturated carbocycles. The molecular weight excluding hydrogens is 392 g/mol. The van der Waals surface area contributed by atoms with Gasteiger partial charge in [0.25, 0.3) is 5.91 Å². The molecule has 0 atom stereocenters. The molecule has 4 rings (SSSR count). The highest BCUT2D eigenvalue weighted by Crippen LogP contribution is 2.38. The molecule has 0 radical (unpaired) electrons. The van der Waals surface area contributed by atoms with Crippen molar-refractivity contribution in [1.82, 2.24) is 9.97 Å². The highest BCUT2D eigenvalue weighted by Gasteiger charge is 2.22. The average molecular weight is 404 g/mol. The number of rotatable bonds is 4. The van der Waals surface area contributed by atoms with Gasteiger partial charge in [-0.25, -0.2) is 0 Å². The van der Waals surface area contributed by atoms with E-state index >= 15 is 0 Å². The zero-order valence-corrected chi connectivity index (χ0v) is 15.1. The Morgan fingerprint density at radius 3 is 2.79 bits per heavy atom. The van der Waals surface area contributed by atoms with Crippen molar-refractivity contribution in [2.24, 2.45) is 0 Å². The first-order valence-corrected chi connectivity index (χ1v) is 8.49. The minimum absolute atomic E-state index is 0.0356. The summed E-state index contributed by atoms with van der Waals surface area (Å²) >= 11 is 6.13. The number of furan rings is 1. The number of alkyl halides is 2. The van der Waals surface area contributed by atoms with Gasteiger partial charge in [-0.2, -0.15) is 8.78 Å². The number of hydrogen-bond donors (Lipinski definition) is 1. The van der Waals surface area contributed by atoms with Gasteiger partial charge < -0.3 is 14.5 Å². The number of benzene rings is 1. The fourth-order valence-electron chi connectivity index (χ4n) is 2.95. The molecule has 3 heterocycles. The largest absolute Gasteiger partial charge is 0.452 e. The van der Waals surface area contributed by atoms with E-state index in [-0.39, 0.29) is 21.9 Å². The molecular formula is C19H12ClF2N3O3. The predicted molar refractivity (Wildman–Crippen MR) is 100 cm³/mol. The number of pyridine rings is 2. The third-order valence-electron chi connectivity index (χ3n) is 4.17. The summed E-state index contributed by atoms with van der Waals surface area (Å²) in [6, 6.07) is 4.23. The van der Waals surface area contributed by atoms with E-state index < -0.39 is 12.5 Å². The third-order valence-corrected chi connectivity index (χ3v) is 4.46. The normalized spacial score (nSPS) is 11.3. The zero-order valence-electron chi connectivity index (χ0n) is 14.4. The Morgan fingerprint density at radius 2 is 2.04 bits per heavy atom. The SMILES string of the molecule is Cc1cncc(Cl)c1NC(=O)c1ccc(OC(F)F)c2oc3ccncc3c12. The Bertz CT molecular complexity index is 1190. The quantitative estimate of drug-likeness (QED) is 0.507. The van der Waals surface area contributed by atoms with Crippen molar-refractivity contribution in [3.8, 4) is 5.75 Å². The molecule has 0 fully saturated rings. The van der Waals surface area contributed by atoms with Crippen LogP contribution in [0.15, 0.2) is 47.4 Å². The maximum atomic E-state index is 13.0. The van der Waals surface area contributed by atoms with Gasteiger partial charge in [-0.15, -0.1) is 0 Å². The second-order valence-corrected chi connectivity index (χ2v) is 6.34. The van der Waals surface area contributed by atoms with Crippen LogP contribution in [-0.4, -0.2) is 22.5 Å². The number of hydrogen-bond acceptors (Lipinski definition) is 5. The lowest BCUT2D eigenvalue weighted by Crippen LogP contribution is -2.14. The van der Waals surface area contributed by atoms with Crippen LogP contribution in [0.4, 0.5) is 14.5 Å². The minimum Gasteiger partial charge on any atom is -0.452 e. The fraction of sp³-hybridized carbons (Fsp3) is 0.105. The van der Waals surface area contributed by atoms with Crippen molar-refractivity contribution in [1.29, 1.82) is 0 Å². The molecule has 6 nitrogen and oxygen atoms in total. The molecule has 142 valence electrons.